The maximum Gasteiger partial charge on any atom is 0.255 e. The van der Waals surface area contributed by atoms with Crippen molar-refractivity contribution < 1.29 is 9.59 Å². The molecule has 0 saturated carbocycles. The van der Waals surface area contributed by atoms with Crippen LogP contribution in [0, 0.1) is 6.92 Å². The summed E-state index contributed by atoms with van der Waals surface area (Å²) in [7, 11) is 0. The van der Waals surface area contributed by atoms with Crippen LogP contribution in [0.25, 0.3) is 10.9 Å². The molecule has 0 spiro atoms. The van der Waals surface area contributed by atoms with E-state index in [1.807, 2.05) is 79.9 Å². The van der Waals surface area contributed by atoms with E-state index in [-0.39, 0.29) is 17.6 Å². The molecule has 0 unspecified atom stereocenters. The molecule has 0 fully saturated rings. The number of aryl methyl sites for hydroxylation is 1. The van der Waals surface area contributed by atoms with Crippen LogP contribution >= 0.6 is 11.8 Å². The second-order valence-corrected chi connectivity index (χ2v) is 7.96. The summed E-state index contributed by atoms with van der Waals surface area (Å²) in [6.07, 6.45) is 1.87. The highest BCUT2D eigenvalue weighted by Gasteiger charge is 2.10. The second kappa shape index (κ2) is 8.88. The van der Waals surface area contributed by atoms with Crippen molar-refractivity contribution in [3.05, 3.63) is 90.1 Å². The minimum Gasteiger partial charge on any atom is -0.361 e. The van der Waals surface area contributed by atoms with E-state index < -0.39 is 0 Å². The Morgan fingerprint density at radius 1 is 0.900 bits per heavy atom. The third kappa shape index (κ3) is 4.72. The first kappa shape index (κ1) is 19.8. The van der Waals surface area contributed by atoms with Crippen molar-refractivity contribution in [3.8, 4) is 0 Å². The predicted molar refractivity (Wildman–Crippen MR) is 123 cm³/mol. The highest BCUT2D eigenvalue weighted by Crippen LogP contribution is 2.23. The third-order valence-corrected chi connectivity index (χ3v) is 5.68. The summed E-state index contributed by atoms with van der Waals surface area (Å²) in [6.45, 7) is 1.91. The summed E-state index contributed by atoms with van der Waals surface area (Å²) in [6, 6.07) is 22.7. The normalized spacial score (nSPS) is 10.7. The number of aromatic nitrogens is 1. The molecule has 1 aromatic heterocycles. The molecule has 0 aliphatic rings. The van der Waals surface area contributed by atoms with Crippen molar-refractivity contribution in [1.29, 1.82) is 0 Å². The number of aromatic amines is 1. The Balaban J connectivity index is 1.35. The van der Waals surface area contributed by atoms with Gasteiger partial charge in [0, 0.05) is 33.5 Å². The summed E-state index contributed by atoms with van der Waals surface area (Å²) < 4.78 is 0. The van der Waals surface area contributed by atoms with E-state index >= 15 is 0 Å². The second-order valence-electron chi connectivity index (χ2n) is 6.91. The maximum atomic E-state index is 12.5. The fourth-order valence-corrected chi connectivity index (χ4v) is 3.92. The lowest BCUT2D eigenvalue weighted by molar-refractivity contribution is -0.113. The molecule has 1 heterocycles. The van der Waals surface area contributed by atoms with Crippen LogP contribution in [-0.2, 0) is 4.79 Å². The van der Waals surface area contributed by atoms with Crippen LogP contribution < -0.4 is 10.6 Å². The van der Waals surface area contributed by atoms with E-state index in [1.54, 1.807) is 6.07 Å². The standard InChI is InChI=1S/C24H21N3O2S/c1-16-5-2-3-8-21(16)24(29)27-18-6-4-7-20(13-18)30-15-23(28)26-19-10-9-17-11-12-25-22(17)14-19/h2-14,25H,15H2,1H3,(H,26,28)(H,27,29). The van der Waals surface area contributed by atoms with Gasteiger partial charge in [-0.1, -0.05) is 30.3 Å². The number of H-pyrrole nitrogens is 1. The summed E-state index contributed by atoms with van der Waals surface area (Å²) in [5, 5.41) is 6.95. The largest absolute Gasteiger partial charge is 0.361 e. The van der Waals surface area contributed by atoms with Crippen molar-refractivity contribution in [2.24, 2.45) is 0 Å². The molecule has 0 aliphatic heterocycles. The van der Waals surface area contributed by atoms with Gasteiger partial charge in [0.25, 0.3) is 5.91 Å². The number of anilines is 2. The summed E-state index contributed by atoms with van der Waals surface area (Å²) in [5.41, 5.74) is 4.02. The molecule has 2 amide bonds. The van der Waals surface area contributed by atoms with Crippen molar-refractivity contribution >= 4 is 45.9 Å². The molecule has 0 aliphatic carbocycles. The van der Waals surface area contributed by atoms with Crippen molar-refractivity contribution in [1.82, 2.24) is 4.98 Å². The quantitative estimate of drug-likeness (QED) is 0.366. The van der Waals surface area contributed by atoms with Gasteiger partial charge in [-0.25, -0.2) is 0 Å². The minimum atomic E-state index is -0.146. The van der Waals surface area contributed by atoms with Gasteiger partial charge in [-0.05, 0) is 60.3 Å². The molecule has 150 valence electrons. The Labute approximate surface area is 178 Å². The number of hydrogen-bond donors (Lipinski definition) is 3. The Bertz CT molecular complexity index is 1220. The Morgan fingerprint density at radius 3 is 2.60 bits per heavy atom. The molecule has 4 rings (SSSR count). The van der Waals surface area contributed by atoms with Crippen LogP contribution in [0.2, 0.25) is 0 Å². The fraction of sp³-hybridized carbons (Fsp3) is 0.0833. The number of fused-ring (bicyclic) bond motifs is 1. The first-order valence-corrected chi connectivity index (χ1v) is 10.5. The van der Waals surface area contributed by atoms with E-state index in [9.17, 15) is 9.59 Å². The van der Waals surface area contributed by atoms with Gasteiger partial charge in [-0.15, -0.1) is 11.8 Å². The number of rotatable bonds is 6. The van der Waals surface area contributed by atoms with Crippen LogP contribution in [0.4, 0.5) is 11.4 Å². The number of benzene rings is 3. The lowest BCUT2D eigenvalue weighted by atomic mass is 10.1. The van der Waals surface area contributed by atoms with Crippen LogP contribution in [0.5, 0.6) is 0 Å². The number of amides is 2. The highest BCUT2D eigenvalue weighted by atomic mass is 32.2. The Hall–Kier alpha value is -3.51. The first-order chi connectivity index (χ1) is 14.6. The first-order valence-electron chi connectivity index (χ1n) is 9.55. The molecule has 0 saturated heterocycles. The van der Waals surface area contributed by atoms with E-state index in [0.29, 0.717) is 11.3 Å². The molecule has 5 nitrogen and oxygen atoms in total. The van der Waals surface area contributed by atoms with E-state index in [0.717, 1.165) is 27.0 Å². The Kier molecular flexibility index (Phi) is 5.86. The summed E-state index contributed by atoms with van der Waals surface area (Å²) in [5.74, 6) is 0.0470. The zero-order valence-corrected chi connectivity index (χ0v) is 17.3. The zero-order valence-electron chi connectivity index (χ0n) is 16.4. The van der Waals surface area contributed by atoms with Crippen molar-refractivity contribution in [2.75, 3.05) is 16.4 Å². The van der Waals surface area contributed by atoms with Gasteiger partial charge in [-0.2, -0.15) is 0 Å². The zero-order chi connectivity index (χ0) is 20.9. The van der Waals surface area contributed by atoms with E-state index in [4.69, 9.17) is 0 Å². The lowest BCUT2D eigenvalue weighted by Gasteiger charge is -2.09. The van der Waals surface area contributed by atoms with Crippen LogP contribution in [0.3, 0.4) is 0 Å². The SMILES string of the molecule is Cc1ccccc1C(=O)Nc1cccc(SCC(=O)Nc2ccc3cc[nH]c3c2)c1. The molecule has 4 aromatic rings. The minimum absolute atomic E-state index is 0.0831. The molecule has 0 bridgehead atoms. The average molecular weight is 416 g/mol. The van der Waals surface area contributed by atoms with Gasteiger partial charge < -0.3 is 15.6 Å². The number of thioether (sulfide) groups is 1. The molecular formula is C24H21N3O2S. The van der Waals surface area contributed by atoms with Crippen molar-refractivity contribution in [3.63, 3.8) is 0 Å². The molecule has 3 N–H and O–H groups in total. The third-order valence-electron chi connectivity index (χ3n) is 4.69. The van der Waals surface area contributed by atoms with Gasteiger partial charge in [-0.3, -0.25) is 9.59 Å². The molecule has 30 heavy (non-hydrogen) atoms. The lowest BCUT2D eigenvalue weighted by Crippen LogP contribution is -2.14. The van der Waals surface area contributed by atoms with Gasteiger partial charge >= 0.3 is 0 Å². The monoisotopic (exact) mass is 415 g/mol. The topological polar surface area (TPSA) is 74.0 Å². The highest BCUT2D eigenvalue weighted by molar-refractivity contribution is 8.00. The van der Waals surface area contributed by atoms with E-state index in [1.165, 1.54) is 11.8 Å². The average Bonchev–Trinajstić information content (AvgIpc) is 3.21. The molecule has 0 radical (unpaired) electrons. The fourth-order valence-electron chi connectivity index (χ4n) is 3.16. The van der Waals surface area contributed by atoms with Crippen LogP contribution in [0.1, 0.15) is 15.9 Å². The number of hydrogen-bond acceptors (Lipinski definition) is 3. The van der Waals surface area contributed by atoms with E-state index in [2.05, 4.69) is 15.6 Å². The van der Waals surface area contributed by atoms with Gasteiger partial charge in [0.05, 0.1) is 5.75 Å². The molecular weight excluding hydrogens is 394 g/mol. The number of nitrogens with one attached hydrogen (secondary N) is 3. The number of carbonyl (C=O) groups is 2. The van der Waals surface area contributed by atoms with Crippen LogP contribution in [0.15, 0.2) is 83.9 Å². The maximum absolute atomic E-state index is 12.5. The summed E-state index contributed by atoms with van der Waals surface area (Å²) >= 11 is 1.42. The summed E-state index contributed by atoms with van der Waals surface area (Å²) in [4.78, 5) is 28.9. The predicted octanol–water partition coefficient (Wildman–Crippen LogP) is 5.46. The molecule has 0 atom stereocenters. The van der Waals surface area contributed by atoms with Crippen molar-refractivity contribution in [2.45, 2.75) is 11.8 Å². The van der Waals surface area contributed by atoms with Gasteiger partial charge in [0.1, 0.15) is 0 Å². The van der Waals surface area contributed by atoms with Crippen LogP contribution in [-0.4, -0.2) is 22.6 Å². The Morgan fingerprint density at radius 2 is 1.73 bits per heavy atom. The number of carbonyl (C=O) groups excluding carboxylic acids is 2. The van der Waals surface area contributed by atoms with Gasteiger partial charge in [0.2, 0.25) is 5.91 Å². The van der Waals surface area contributed by atoms with Gasteiger partial charge in [0.15, 0.2) is 0 Å². The smallest absolute Gasteiger partial charge is 0.255 e. The molecule has 3 aromatic carbocycles. The molecule has 6 heteroatoms.